The van der Waals surface area contributed by atoms with Crippen LogP contribution < -0.4 is 5.43 Å². The average Bonchev–Trinajstić information content (AvgIpc) is 2.40. The van der Waals surface area contributed by atoms with Gasteiger partial charge in [0, 0.05) is 18.7 Å². The highest BCUT2D eigenvalue weighted by Crippen LogP contribution is 2.17. The molecule has 0 aliphatic rings. The standard InChI is InChI=1S/C14H12FNO4/c15-10-3-1-9(2-4-10)7-11-14(20)12(17)5-6-16(11)8-13(18)19/h1-6,20H,7-8H2,(H,18,19). The molecule has 0 aliphatic carbocycles. The summed E-state index contributed by atoms with van der Waals surface area (Å²) in [7, 11) is 0. The zero-order valence-electron chi connectivity index (χ0n) is 10.4. The summed E-state index contributed by atoms with van der Waals surface area (Å²) < 4.78 is 14.1. The fourth-order valence-corrected chi connectivity index (χ4v) is 1.88. The highest BCUT2D eigenvalue weighted by atomic mass is 19.1. The molecular weight excluding hydrogens is 265 g/mol. The smallest absolute Gasteiger partial charge is 0.323 e. The number of pyridine rings is 1. The second kappa shape index (κ2) is 5.56. The third-order valence-electron chi connectivity index (χ3n) is 2.85. The van der Waals surface area contributed by atoms with Gasteiger partial charge in [-0.2, -0.15) is 0 Å². The molecule has 2 rings (SSSR count). The van der Waals surface area contributed by atoms with Crippen LogP contribution in [-0.2, 0) is 17.8 Å². The number of aromatic nitrogens is 1. The SMILES string of the molecule is O=C(O)Cn1ccc(=O)c(O)c1Cc1ccc(F)cc1. The van der Waals surface area contributed by atoms with Gasteiger partial charge in [-0.15, -0.1) is 0 Å². The van der Waals surface area contributed by atoms with Gasteiger partial charge in [0.05, 0.1) is 5.69 Å². The first kappa shape index (κ1) is 13.8. The fraction of sp³-hybridized carbons (Fsp3) is 0.143. The molecular formula is C14H12FNO4. The summed E-state index contributed by atoms with van der Waals surface area (Å²) in [5.74, 6) is -1.97. The van der Waals surface area contributed by atoms with Gasteiger partial charge in [0.15, 0.2) is 5.75 Å². The molecule has 0 unspecified atom stereocenters. The van der Waals surface area contributed by atoms with Crippen LogP contribution in [0.25, 0.3) is 0 Å². The monoisotopic (exact) mass is 277 g/mol. The second-order valence-electron chi connectivity index (χ2n) is 4.30. The molecule has 1 aromatic carbocycles. The van der Waals surface area contributed by atoms with Crippen molar-refractivity contribution in [1.82, 2.24) is 4.57 Å². The summed E-state index contributed by atoms with van der Waals surface area (Å²) >= 11 is 0. The van der Waals surface area contributed by atoms with E-state index in [0.29, 0.717) is 5.56 Å². The largest absolute Gasteiger partial charge is 0.503 e. The van der Waals surface area contributed by atoms with Gasteiger partial charge in [-0.05, 0) is 17.7 Å². The van der Waals surface area contributed by atoms with Gasteiger partial charge < -0.3 is 14.8 Å². The molecule has 2 aromatic rings. The summed E-state index contributed by atoms with van der Waals surface area (Å²) in [5.41, 5.74) is 0.265. The first-order valence-corrected chi connectivity index (χ1v) is 5.85. The van der Waals surface area contributed by atoms with Crippen LogP contribution in [0, 0.1) is 5.82 Å². The molecule has 1 aromatic heterocycles. The number of rotatable bonds is 4. The number of halogens is 1. The van der Waals surface area contributed by atoms with Gasteiger partial charge in [0.25, 0.3) is 0 Å². The second-order valence-corrected chi connectivity index (χ2v) is 4.30. The molecule has 0 bridgehead atoms. The van der Waals surface area contributed by atoms with E-state index in [2.05, 4.69) is 0 Å². The Morgan fingerprint density at radius 1 is 1.20 bits per heavy atom. The molecule has 0 aliphatic heterocycles. The minimum Gasteiger partial charge on any atom is -0.503 e. The number of nitrogens with zero attached hydrogens (tertiary/aromatic N) is 1. The lowest BCUT2D eigenvalue weighted by Gasteiger charge is -2.13. The van der Waals surface area contributed by atoms with Crippen LogP contribution in [0.4, 0.5) is 4.39 Å². The Bertz CT molecular complexity index is 691. The summed E-state index contributed by atoms with van der Waals surface area (Å²) in [6.07, 6.45) is 1.45. The Hall–Kier alpha value is -2.63. The topological polar surface area (TPSA) is 79.5 Å². The number of benzene rings is 1. The number of carboxylic acid groups (broad SMARTS) is 1. The average molecular weight is 277 g/mol. The van der Waals surface area contributed by atoms with Crippen molar-refractivity contribution in [1.29, 1.82) is 0 Å². The maximum Gasteiger partial charge on any atom is 0.323 e. The Morgan fingerprint density at radius 3 is 2.45 bits per heavy atom. The van der Waals surface area contributed by atoms with E-state index in [1.54, 1.807) is 0 Å². The van der Waals surface area contributed by atoms with E-state index in [1.165, 1.54) is 35.0 Å². The lowest BCUT2D eigenvalue weighted by atomic mass is 10.1. The molecule has 0 saturated carbocycles. The van der Waals surface area contributed by atoms with Gasteiger partial charge in [-0.3, -0.25) is 9.59 Å². The highest BCUT2D eigenvalue weighted by molar-refractivity contribution is 5.66. The van der Waals surface area contributed by atoms with Crippen LogP contribution in [0.2, 0.25) is 0 Å². The predicted molar refractivity (Wildman–Crippen MR) is 69.2 cm³/mol. The van der Waals surface area contributed by atoms with E-state index in [4.69, 9.17) is 5.11 Å². The van der Waals surface area contributed by atoms with E-state index < -0.39 is 23.0 Å². The van der Waals surface area contributed by atoms with E-state index in [-0.39, 0.29) is 18.7 Å². The van der Waals surface area contributed by atoms with Crippen molar-refractivity contribution in [3.8, 4) is 5.75 Å². The molecule has 0 atom stereocenters. The van der Waals surface area contributed by atoms with Crippen LogP contribution >= 0.6 is 0 Å². The molecule has 0 saturated heterocycles. The van der Waals surface area contributed by atoms with Crippen molar-refractivity contribution in [3.63, 3.8) is 0 Å². The normalized spacial score (nSPS) is 10.4. The van der Waals surface area contributed by atoms with Gasteiger partial charge in [0.1, 0.15) is 12.4 Å². The molecule has 0 spiro atoms. The lowest BCUT2D eigenvalue weighted by molar-refractivity contribution is -0.137. The van der Waals surface area contributed by atoms with E-state index in [0.717, 1.165) is 6.07 Å². The predicted octanol–water partition coefficient (Wildman–Crippen LogP) is 1.37. The summed E-state index contributed by atoms with van der Waals surface area (Å²) in [6.45, 7) is -0.371. The van der Waals surface area contributed by atoms with Crippen molar-refractivity contribution < 1.29 is 19.4 Å². The van der Waals surface area contributed by atoms with Crippen molar-refractivity contribution in [2.75, 3.05) is 0 Å². The molecule has 1 heterocycles. The van der Waals surface area contributed by atoms with Gasteiger partial charge >= 0.3 is 5.97 Å². The summed E-state index contributed by atoms with van der Waals surface area (Å²) in [6, 6.07) is 6.64. The zero-order chi connectivity index (χ0) is 14.7. The first-order valence-electron chi connectivity index (χ1n) is 5.85. The van der Waals surface area contributed by atoms with Crippen LogP contribution in [-0.4, -0.2) is 20.7 Å². The van der Waals surface area contributed by atoms with Crippen molar-refractivity contribution in [2.45, 2.75) is 13.0 Å². The molecule has 0 radical (unpaired) electrons. The molecule has 104 valence electrons. The summed E-state index contributed by atoms with van der Waals surface area (Å²) in [4.78, 5) is 22.2. The molecule has 0 fully saturated rings. The first-order chi connectivity index (χ1) is 9.47. The van der Waals surface area contributed by atoms with Crippen LogP contribution in [0.15, 0.2) is 41.3 Å². The minimum atomic E-state index is -1.09. The quantitative estimate of drug-likeness (QED) is 0.884. The van der Waals surface area contributed by atoms with Crippen molar-refractivity contribution in [3.05, 3.63) is 63.8 Å². The zero-order valence-corrected chi connectivity index (χ0v) is 10.4. The minimum absolute atomic E-state index is 0.134. The van der Waals surface area contributed by atoms with Crippen molar-refractivity contribution >= 4 is 5.97 Å². The molecule has 6 heteroatoms. The van der Waals surface area contributed by atoms with Crippen LogP contribution in [0.5, 0.6) is 5.75 Å². The number of hydrogen-bond donors (Lipinski definition) is 2. The Morgan fingerprint density at radius 2 is 1.85 bits per heavy atom. The van der Waals surface area contributed by atoms with E-state index in [9.17, 15) is 19.1 Å². The molecule has 0 amide bonds. The maximum absolute atomic E-state index is 12.8. The molecule has 2 N–H and O–H groups in total. The Balaban J connectivity index is 2.42. The summed E-state index contributed by atoms with van der Waals surface area (Å²) in [5, 5.41) is 18.6. The highest BCUT2D eigenvalue weighted by Gasteiger charge is 2.12. The number of aliphatic carboxylic acids is 1. The van der Waals surface area contributed by atoms with Crippen LogP contribution in [0.1, 0.15) is 11.3 Å². The Labute approximate surface area is 113 Å². The number of carboxylic acids is 1. The maximum atomic E-state index is 12.8. The third kappa shape index (κ3) is 3.03. The van der Waals surface area contributed by atoms with Gasteiger partial charge in [0.2, 0.25) is 5.43 Å². The Kier molecular flexibility index (Phi) is 3.84. The van der Waals surface area contributed by atoms with Gasteiger partial charge in [-0.1, -0.05) is 12.1 Å². The van der Waals surface area contributed by atoms with Gasteiger partial charge in [-0.25, -0.2) is 4.39 Å². The number of carbonyl (C=O) groups is 1. The fourth-order valence-electron chi connectivity index (χ4n) is 1.88. The number of hydrogen-bond acceptors (Lipinski definition) is 3. The third-order valence-corrected chi connectivity index (χ3v) is 2.85. The van der Waals surface area contributed by atoms with E-state index >= 15 is 0 Å². The van der Waals surface area contributed by atoms with Crippen molar-refractivity contribution in [2.24, 2.45) is 0 Å². The van der Waals surface area contributed by atoms with Crippen LogP contribution in [0.3, 0.4) is 0 Å². The molecule has 20 heavy (non-hydrogen) atoms. The van der Waals surface area contributed by atoms with E-state index in [1.807, 2.05) is 0 Å². The lowest BCUT2D eigenvalue weighted by Crippen LogP contribution is -2.17. The molecule has 5 nitrogen and oxygen atoms in total. The number of aromatic hydroxyl groups is 1.